The van der Waals surface area contributed by atoms with Gasteiger partial charge in [0.05, 0.1) is 28.2 Å². The van der Waals surface area contributed by atoms with Gasteiger partial charge in [0.15, 0.2) is 0 Å². The van der Waals surface area contributed by atoms with Gasteiger partial charge in [-0.1, -0.05) is 22.7 Å². The summed E-state index contributed by atoms with van der Waals surface area (Å²) in [5, 5.41) is 18.4. The molecule has 0 radical (unpaired) electrons. The molecular weight excluding hydrogens is 456 g/mol. The largest absolute Gasteiger partial charge is 0.462 e. The number of carbonyl (C=O) groups is 1. The van der Waals surface area contributed by atoms with Crippen molar-refractivity contribution >= 4 is 65.4 Å². The average molecular weight is 479 g/mol. The van der Waals surface area contributed by atoms with Crippen LogP contribution in [0.15, 0.2) is 75.1 Å². The molecule has 0 amide bonds. The van der Waals surface area contributed by atoms with Gasteiger partial charge in [-0.15, -0.1) is 20.5 Å². The highest BCUT2D eigenvalue weighted by atomic mass is 32.1. The molecule has 0 aliphatic heterocycles. The molecule has 0 N–H and O–H groups in total. The molecule has 0 saturated carbocycles. The van der Waals surface area contributed by atoms with Gasteiger partial charge in [0, 0.05) is 19.3 Å². The van der Waals surface area contributed by atoms with Gasteiger partial charge in [-0.05, 0) is 68.4 Å². The summed E-state index contributed by atoms with van der Waals surface area (Å²) in [5.41, 5.74) is 3.06. The van der Waals surface area contributed by atoms with Crippen molar-refractivity contribution in [1.82, 2.24) is 4.98 Å². The fourth-order valence-electron chi connectivity index (χ4n) is 2.85. The Bertz CT molecular complexity index is 1260. The van der Waals surface area contributed by atoms with Gasteiger partial charge in [-0.3, -0.25) is 0 Å². The number of benzene rings is 2. The number of azo groups is 2. The minimum absolute atomic E-state index is 0.344. The zero-order valence-electron chi connectivity index (χ0n) is 18.4. The lowest BCUT2D eigenvalue weighted by atomic mass is 10.2. The Kier molecular flexibility index (Phi) is 7.16. The van der Waals surface area contributed by atoms with Gasteiger partial charge in [0.2, 0.25) is 5.13 Å². The molecule has 0 fully saturated rings. The number of nitrogens with zero attached hydrogens (tertiary/aromatic N) is 6. The molecule has 4 aromatic rings. The van der Waals surface area contributed by atoms with Gasteiger partial charge in [-0.25, -0.2) is 9.78 Å². The number of esters is 1. The molecule has 0 unspecified atom stereocenters. The second-order valence-electron chi connectivity index (χ2n) is 6.95. The summed E-state index contributed by atoms with van der Waals surface area (Å²) in [4.78, 5) is 19.2. The van der Waals surface area contributed by atoms with Crippen molar-refractivity contribution in [3.05, 3.63) is 60.2 Å². The number of carbonyl (C=O) groups excluding carboxylic acids is 1. The number of aromatic nitrogens is 1. The Hall–Kier alpha value is -3.50. The number of rotatable bonds is 8. The van der Waals surface area contributed by atoms with Crippen molar-refractivity contribution in [3.8, 4) is 0 Å². The van der Waals surface area contributed by atoms with E-state index in [0.29, 0.717) is 23.0 Å². The summed E-state index contributed by atoms with van der Waals surface area (Å²) in [5.74, 6) is -0.348. The van der Waals surface area contributed by atoms with Gasteiger partial charge >= 0.3 is 5.97 Å². The van der Waals surface area contributed by atoms with Crippen LogP contribution in [0.2, 0.25) is 0 Å². The Morgan fingerprint density at radius 1 is 0.939 bits per heavy atom. The second-order valence-corrected chi connectivity index (χ2v) is 8.97. The Morgan fingerprint density at radius 3 is 2.24 bits per heavy atom. The fraction of sp³-hybridized carbons (Fsp3) is 0.217. The number of hydrogen-bond donors (Lipinski definition) is 0. The van der Waals surface area contributed by atoms with E-state index in [-0.39, 0.29) is 5.97 Å². The molecule has 33 heavy (non-hydrogen) atoms. The van der Waals surface area contributed by atoms with Crippen LogP contribution >= 0.6 is 22.7 Å². The summed E-state index contributed by atoms with van der Waals surface area (Å²) in [6.45, 7) is 5.17. The number of thiophene rings is 1. The van der Waals surface area contributed by atoms with Crippen molar-refractivity contribution < 1.29 is 9.53 Å². The summed E-state index contributed by atoms with van der Waals surface area (Å²) >= 11 is 2.90. The summed E-state index contributed by atoms with van der Waals surface area (Å²) < 4.78 is 5.96. The number of hydrogen-bond acceptors (Lipinski definition) is 10. The van der Waals surface area contributed by atoms with Crippen LogP contribution in [0.4, 0.5) is 27.2 Å². The topological polar surface area (TPSA) is 91.9 Å². The predicted molar refractivity (Wildman–Crippen MR) is 134 cm³/mol. The highest BCUT2D eigenvalue weighted by Gasteiger charge is 2.09. The number of anilines is 1. The third-order valence-corrected chi connectivity index (χ3v) is 6.65. The lowest BCUT2D eigenvalue weighted by Gasteiger charge is -2.16. The predicted octanol–water partition coefficient (Wildman–Crippen LogP) is 7.82. The first-order valence-corrected chi connectivity index (χ1v) is 12.0. The van der Waals surface area contributed by atoms with E-state index < -0.39 is 0 Å². The van der Waals surface area contributed by atoms with Gasteiger partial charge in [-0.2, -0.15) is 0 Å². The minimum Gasteiger partial charge on any atom is -0.462 e. The Labute approximate surface area is 199 Å². The van der Waals surface area contributed by atoms with Crippen LogP contribution in [0.3, 0.4) is 0 Å². The summed E-state index contributed by atoms with van der Waals surface area (Å²) in [7, 11) is 2.05. The van der Waals surface area contributed by atoms with Crippen molar-refractivity contribution in [2.45, 2.75) is 13.8 Å². The standard InChI is InChI=1S/C23H22N6O2S2/c1-4-29(3)18-12-10-17(11-13-18)26-28-23-24-21-19(32-23)14-20(33-21)27-25-16-8-6-15(7-9-16)22(30)31-5-2/h6-14H,4-5H2,1-3H3. The first kappa shape index (κ1) is 22.7. The summed E-state index contributed by atoms with van der Waals surface area (Å²) in [6, 6.07) is 16.7. The van der Waals surface area contributed by atoms with E-state index in [4.69, 9.17) is 4.74 Å². The Balaban J connectivity index is 1.40. The van der Waals surface area contributed by atoms with E-state index in [9.17, 15) is 4.79 Å². The van der Waals surface area contributed by atoms with E-state index >= 15 is 0 Å². The maximum atomic E-state index is 11.7. The van der Waals surface area contributed by atoms with Crippen molar-refractivity contribution in [1.29, 1.82) is 0 Å². The van der Waals surface area contributed by atoms with E-state index in [2.05, 4.69) is 44.3 Å². The lowest BCUT2D eigenvalue weighted by Crippen LogP contribution is -2.15. The molecule has 0 saturated heterocycles. The molecule has 0 aliphatic carbocycles. The first-order chi connectivity index (χ1) is 16.1. The minimum atomic E-state index is -0.348. The molecule has 0 bridgehead atoms. The van der Waals surface area contributed by atoms with Crippen molar-refractivity contribution in [2.75, 3.05) is 25.1 Å². The summed E-state index contributed by atoms with van der Waals surface area (Å²) in [6.07, 6.45) is 0. The number of thiazole rings is 1. The molecule has 0 atom stereocenters. The number of ether oxygens (including phenoxy) is 1. The van der Waals surface area contributed by atoms with Crippen molar-refractivity contribution in [3.63, 3.8) is 0 Å². The zero-order valence-corrected chi connectivity index (χ0v) is 20.1. The van der Waals surface area contributed by atoms with E-state index in [1.54, 1.807) is 31.2 Å². The van der Waals surface area contributed by atoms with Crippen LogP contribution in [0.25, 0.3) is 9.53 Å². The normalized spacial score (nSPS) is 11.6. The SMILES string of the molecule is CCOC(=O)c1ccc(N=Nc2cc3sc(N=Nc4ccc(N(C)CC)cc4)nc3s2)cc1. The molecule has 2 aromatic heterocycles. The van der Waals surface area contributed by atoms with Crippen LogP contribution in [0.1, 0.15) is 24.2 Å². The molecule has 0 spiro atoms. The second kappa shape index (κ2) is 10.4. The monoisotopic (exact) mass is 478 g/mol. The zero-order chi connectivity index (χ0) is 23.2. The van der Waals surface area contributed by atoms with Gasteiger partial charge in [0.1, 0.15) is 9.83 Å². The van der Waals surface area contributed by atoms with E-state index in [1.165, 1.54) is 22.7 Å². The highest BCUT2D eigenvalue weighted by molar-refractivity contribution is 7.30. The maximum Gasteiger partial charge on any atom is 0.338 e. The number of fused-ring (bicyclic) bond motifs is 1. The lowest BCUT2D eigenvalue weighted by molar-refractivity contribution is 0.0526. The molecule has 2 aromatic carbocycles. The van der Waals surface area contributed by atoms with Crippen LogP contribution in [-0.4, -0.2) is 31.2 Å². The van der Waals surface area contributed by atoms with Crippen LogP contribution in [0.5, 0.6) is 0 Å². The van der Waals surface area contributed by atoms with E-state index in [0.717, 1.165) is 32.5 Å². The maximum absolute atomic E-state index is 11.7. The average Bonchev–Trinajstić information content (AvgIpc) is 3.40. The first-order valence-electron chi connectivity index (χ1n) is 10.4. The van der Waals surface area contributed by atoms with E-state index in [1.807, 2.05) is 30.3 Å². The van der Waals surface area contributed by atoms with Crippen LogP contribution in [-0.2, 0) is 4.74 Å². The molecule has 168 valence electrons. The third kappa shape index (κ3) is 5.65. The molecule has 8 nitrogen and oxygen atoms in total. The highest BCUT2D eigenvalue weighted by Crippen LogP contribution is 2.39. The molecule has 2 heterocycles. The van der Waals surface area contributed by atoms with Crippen LogP contribution in [0, 0.1) is 0 Å². The molecule has 4 rings (SSSR count). The quantitative estimate of drug-likeness (QED) is 0.191. The van der Waals surface area contributed by atoms with Crippen molar-refractivity contribution in [2.24, 2.45) is 20.5 Å². The van der Waals surface area contributed by atoms with Gasteiger partial charge < -0.3 is 9.64 Å². The smallest absolute Gasteiger partial charge is 0.338 e. The molecule has 10 heteroatoms. The Morgan fingerprint density at radius 2 is 1.61 bits per heavy atom. The molecule has 0 aliphatic rings. The van der Waals surface area contributed by atoms with Crippen LogP contribution < -0.4 is 4.90 Å². The van der Waals surface area contributed by atoms with Gasteiger partial charge in [0.25, 0.3) is 0 Å². The molecular formula is C23H22N6O2S2. The third-order valence-electron chi connectivity index (χ3n) is 4.72. The fourth-order valence-corrected chi connectivity index (χ4v) is 4.70.